The lowest BCUT2D eigenvalue weighted by Crippen LogP contribution is -2.39. The van der Waals surface area contributed by atoms with E-state index in [1.54, 1.807) is 25.5 Å². The molecule has 6 nitrogen and oxygen atoms in total. The van der Waals surface area contributed by atoms with Crippen LogP contribution in [0.5, 0.6) is 0 Å². The highest BCUT2D eigenvalue weighted by Crippen LogP contribution is 2.29. The largest absolute Gasteiger partial charge is 0.386 e. The van der Waals surface area contributed by atoms with Crippen molar-refractivity contribution in [3.8, 4) is 0 Å². The van der Waals surface area contributed by atoms with Gasteiger partial charge in [-0.1, -0.05) is 18.2 Å². The molecule has 0 saturated heterocycles. The van der Waals surface area contributed by atoms with Crippen molar-refractivity contribution in [3.63, 3.8) is 0 Å². The molecular weight excluding hydrogens is 465 g/mol. The number of hydrogen-bond acceptors (Lipinski definition) is 5. The topological polar surface area (TPSA) is 75.1 Å². The van der Waals surface area contributed by atoms with Gasteiger partial charge in [0.2, 0.25) is 0 Å². The van der Waals surface area contributed by atoms with E-state index in [0.717, 1.165) is 23.2 Å². The Morgan fingerprint density at radius 3 is 2.77 bits per heavy atom. The summed E-state index contributed by atoms with van der Waals surface area (Å²) in [5.41, 5.74) is 0. The van der Waals surface area contributed by atoms with Crippen LogP contribution in [0.1, 0.15) is 17.4 Å². The molecule has 146 valence electrons. The minimum absolute atomic E-state index is 0. The van der Waals surface area contributed by atoms with Crippen LogP contribution in [0.15, 0.2) is 35.3 Å². The molecule has 2 rings (SSSR count). The number of halogens is 1. The first-order valence-electron chi connectivity index (χ1n) is 8.42. The lowest BCUT2D eigenvalue weighted by Gasteiger charge is -2.14. The second-order valence-electron chi connectivity index (χ2n) is 5.54. The van der Waals surface area contributed by atoms with Crippen molar-refractivity contribution in [2.75, 3.05) is 47.1 Å². The predicted molar refractivity (Wildman–Crippen MR) is 119 cm³/mol. The molecule has 0 bridgehead atoms. The molecule has 0 saturated carbocycles. The molecule has 26 heavy (non-hydrogen) atoms. The number of aliphatic hydroxyl groups is 1. The molecule has 3 N–H and O–H groups in total. The lowest BCUT2D eigenvalue weighted by molar-refractivity contribution is 0.0698. The molecule has 1 heterocycles. The number of nitrogens with zero attached hydrogens (tertiary/aromatic N) is 1. The zero-order valence-electron chi connectivity index (χ0n) is 15.2. The molecule has 1 aromatic carbocycles. The highest BCUT2D eigenvalue weighted by atomic mass is 127. The van der Waals surface area contributed by atoms with Gasteiger partial charge < -0.3 is 25.2 Å². The van der Waals surface area contributed by atoms with Crippen LogP contribution < -0.4 is 10.6 Å². The summed E-state index contributed by atoms with van der Waals surface area (Å²) in [5, 5.41) is 17.9. The molecule has 0 spiro atoms. The molecule has 2 aromatic rings. The Balaban J connectivity index is 0.00000338. The van der Waals surface area contributed by atoms with Gasteiger partial charge in [-0.05, 0) is 23.9 Å². The summed E-state index contributed by atoms with van der Waals surface area (Å²) in [6.45, 7) is 3.08. The number of aliphatic hydroxyl groups excluding tert-OH is 1. The van der Waals surface area contributed by atoms with E-state index in [1.807, 2.05) is 18.2 Å². The lowest BCUT2D eigenvalue weighted by atomic mass is 10.2. The van der Waals surface area contributed by atoms with Crippen molar-refractivity contribution >= 4 is 51.4 Å². The van der Waals surface area contributed by atoms with Crippen molar-refractivity contribution in [3.05, 3.63) is 35.2 Å². The smallest absolute Gasteiger partial charge is 0.191 e. The molecular formula is C18H28IN3O3S. The Kier molecular flexibility index (Phi) is 11.8. The SMILES string of the molecule is CN=C(NCCCOCCOC)NCC(O)c1cc2ccccc2s1.I. The van der Waals surface area contributed by atoms with Gasteiger partial charge >= 0.3 is 0 Å². The summed E-state index contributed by atoms with van der Waals surface area (Å²) in [6, 6.07) is 10.2. The Bertz CT molecular complexity index is 633. The Morgan fingerprint density at radius 2 is 2.04 bits per heavy atom. The van der Waals surface area contributed by atoms with Gasteiger partial charge in [-0.15, -0.1) is 35.3 Å². The van der Waals surface area contributed by atoms with Crippen molar-refractivity contribution < 1.29 is 14.6 Å². The van der Waals surface area contributed by atoms with Gasteiger partial charge in [0.05, 0.1) is 13.2 Å². The number of aliphatic imine (C=N–C) groups is 1. The summed E-state index contributed by atoms with van der Waals surface area (Å²) >= 11 is 1.62. The van der Waals surface area contributed by atoms with Crippen LogP contribution in [0.2, 0.25) is 0 Å². The quantitative estimate of drug-likeness (QED) is 0.206. The fourth-order valence-electron chi connectivity index (χ4n) is 2.31. The van der Waals surface area contributed by atoms with Gasteiger partial charge in [0.25, 0.3) is 0 Å². The van der Waals surface area contributed by atoms with E-state index in [2.05, 4.69) is 27.8 Å². The van der Waals surface area contributed by atoms with Crippen LogP contribution in [0.4, 0.5) is 0 Å². The maximum Gasteiger partial charge on any atom is 0.191 e. The predicted octanol–water partition coefficient (Wildman–Crippen LogP) is 2.77. The molecule has 0 amide bonds. The van der Waals surface area contributed by atoms with E-state index in [4.69, 9.17) is 9.47 Å². The number of benzene rings is 1. The van der Waals surface area contributed by atoms with E-state index in [0.29, 0.717) is 32.3 Å². The molecule has 8 heteroatoms. The van der Waals surface area contributed by atoms with E-state index < -0.39 is 6.10 Å². The number of ether oxygens (including phenoxy) is 2. The molecule has 0 aliphatic rings. The summed E-state index contributed by atoms with van der Waals surface area (Å²) in [6.07, 6.45) is 0.317. The first kappa shape index (κ1) is 23.1. The number of nitrogens with one attached hydrogen (secondary N) is 2. The minimum Gasteiger partial charge on any atom is -0.386 e. The van der Waals surface area contributed by atoms with Crippen LogP contribution >= 0.6 is 35.3 Å². The van der Waals surface area contributed by atoms with E-state index in [1.165, 1.54) is 4.70 Å². The third-order valence-electron chi connectivity index (χ3n) is 3.65. The molecule has 1 aromatic heterocycles. The van der Waals surface area contributed by atoms with Crippen molar-refractivity contribution in [1.82, 2.24) is 10.6 Å². The maximum atomic E-state index is 10.4. The highest BCUT2D eigenvalue weighted by Gasteiger charge is 2.12. The molecule has 1 atom stereocenters. The van der Waals surface area contributed by atoms with Gasteiger partial charge in [-0.2, -0.15) is 0 Å². The van der Waals surface area contributed by atoms with Crippen LogP contribution in [-0.4, -0.2) is 58.1 Å². The Hall–Kier alpha value is -0.940. The normalized spacial score (nSPS) is 12.7. The number of rotatable bonds is 10. The van der Waals surface area contributed by atoms with Crippen LogP contribution in [0, 0.1) is 0 Å². The molecule has 1 unspecified atom stereocenters. The van der Waals surface area contributed by atoms with Crippen molar-refractivity contribution in [1.29, 1.82) is 0 Å². The highest BCUT2D eigenvalue weighted by molar-refractivity contribution is 14.0. The molecule has 0 radical (unpaired) electrons. The average molecular weight is 493 g/mol. The zero-order chi connectivity index (χ0) is 17.9. The second-order valence-corrected chi connectivity index (χ2v) is 6.66. The standard InChI is InChI=1S/C18H27N3O3S.HI/c1-19-18(20-8-5-9-24-11-10-23-2)21-13-15(22)17-12-14-6-3-4-7-16(14)25-17;/h3-4,6-7,12,15,22H,5,8-11,13H2,1-2H3,(H2,19,20,21);1H. The van der Waals surface area contributed by atoms with Crippen LogP contribution in [-0.2, 0) is 9.47 Å². The van der Waals surface area contributed by atoms with Gasteiger partial charge in [-0.3, -0.25) is 4.99 Å². The molecule has 0 aliphatic carbocycles. The summed E-state index contributed by atoms with van der Waals surface area (Å²) in [7, 11) is 3.38. The third kappa shape index (κ3) is 7.75. The fourth-order valence-corrected chi connectivity index (χ4v) is 3.36. The minimum atomic E-state index is -0.562. The molecule has 0 aliphatic heterocycles. The van der Waals surface area contributed by atoms with Crippen molar-refractivity contribution in [2.24, 2.45) is 4.99 Å². The number of methoxy groups -OCH3 is 1. The number of thiophene rings is 1. The Labute approximate surface area is 176 Å². The van der Waals surface area contributed by atoms with Crippen LogP contribution in [0.3, 0.4) is 0 Å². The first-order valence-corrected chi connectivity index (χ1v) is 9.24. The molecule has 0 fully saturated rings. The summed E-state index contributed by atoms with van der Waals surface area (Å²) in [5.74, 6) is 0.678. The second kappa shape index (κ2) is 13.3. The monoisotopic (exact) mass is 493 g/mol. The first-order chi connectivity index (χ1) is 12.2. The van der Waals surface area contributed by atoms with Gasteiger partial charge in [0.15, 0.2) is 5.96 Å². The summed E-state index contributed by atoms with van der Waals surface area (Å²) < 4.78 is 11.5. The zero-order valence-corrected chi connectivity index (χ0v) is 18.4. The van der Waals surface area contributed by atoms with E-state index >= 15 is 0 Å². The Morgan fingerprint density at radius 1 is 1.23 bits per heavy atom. The summed E-state index contributed by atoms with van der Waals surface area (Å²) in [4.78, 5) is 5.12. The van der Waals surface area contributed by atoms with E-state index in [-0.39, 0.29) is 24.0 Å². The van der Waals surface area contributed by atoms with Gasteiger partial charge in [0.1, 0.15) is 6.10 Å². The maximum absolute atomic E-state index is 10.4. The fraction of sp³-hybridized carbons (Fsp3) is 0.500. The van der Waals surface area contributed by atoms with Crippen molar-refractivity contribution in [2.45, 2.75) is 12.5 Å². The number of guanidine groups is 1. The third-order valence-corrected chi connectivity index (χ3v) is 4.87. The number of fused-ring (bicyclic) bond motifs is 1. The van der Waals surface area contributed by atoms with Gasteiger partial charge in [0, 0.05) is 43.4 Å². The van der Waals surface area contributed by atoms with Gasteiger partial charge in [-0.25, -0.2) is 0 Å². The number of hydrogen-bond donors (Lipinski definition) is 3. The average Bonchev–Trinajstić information content (AvgIpc) is 3.07. The van der Waals surface area contributed by atoms with Crippen LogP contribution in [0.25, 0.3) is 10.1 Å². The van der Waals surface area contributed by atoms with E-state index in [9.17, 15) is 5.11 Å².